The second kappa shape index (κ2) is 9.79. The van der Waals surface area contributed by atoms with Crippen molar-refractivity contribution in [3.05, 3.63) is 47.2 Å². The van der Waals surface area contributed by atoms with Gasteiger partial charge in [0.1, 0.15) is 5.82 Å². The van der Waals surface area contributed by atoms with Gasteiger partial charge in [-0.25, -0.2) is 9.97 Å². The average molecular weight is 427 g/mol. The third kappa shape index (κ3) is 5.13. The summed E-state index contributed by atoms with van der Waals surface area (Å²) >= 11 is 1.67. The van der Waals surface area contributed by atoms with Crippen LogP contribution in [0.3, 0.4) is 0 Å². The van der Waals surface area contributed by atoms with E-state index in [-0.39, 0.29) is 5.91 Å². The van der Waals surface area contributed by atoms with Gasteiger partial charge in [-0.05, 0) is 37.0 Å². The first-order valence-corrected chi connectivity index (χ1v) is 12.1. The summed E-state index contributed by atoms with van der Waals surface area (Å²) in [5.74, 6) is 2.02. The van der Waals surface area contributed by atoms with Gasteiger partial charge in [-0.1, -0.05) is 30.8 Å². The van der Waals surface area contributed by atoms with E-state index in [1.165, 1.54) is 23.3 Å². The van der Waals surface area contributed by atoms with E-state index in [9.17, 15) is 4.79 Å². The summed E-state index contributed by atoms with van der Waals surface area (Å²) < 4.78 is 0. The number of rotatable bonds is 6. The van der Waals surface area contributed by atoms with Gasteiger partial charge in [0.05, 0.1) is 33.2 Å². The van der Waals surface area contributed by atoms with E-state index < -0.39 is 0 Å². The van der Waals surface area contributed by atoms with Gasteiger partial charge in [-0.2, -0.15) is 0 Å². The van der Waals surface area contributed by atoms with Crippen LogP contribution >= 0.6 is 11.8 Å². The van der Waals surface area contributed by atoms with Crippen LogP contribution in [0.4, 0.5) is 5.82 Å². The van der Waals surface area contributed by atoms with E-state index in [1.54, 1.807) is 11.8 Å². The van der Waals surface area contributed by atoms with Gasteiger partial charge in [0.15, 0.2) is 5.16 Å². The van der Waals surface area contributed by atoms with E-state index in [0.717, 1.165) is 73.7 Å². The first-order valence-electron chi connectivity index (χ1n) is 11.1. The highest BCUT2D eigenvalue weighted by Crippen LogP contribution is 2.25. The number of carbonyl (C=O) groups excluding carboxylic acids is 1. The Morgan fingerprint density at radius 2 is 1.77 bits per heavy atom. The summed E-state index contributed by atoms with van der Waals surface area (Å²) in [6.45, 7) is 8.05. The fourth-order valence-corrected chi connectivity index (χ4v) is 4.81. The van der Waals surface area contributed by atoms with Gasteiger partial charge in [-0.15, -0.1) is 0 Å². The number of thioether (sulfide) groups is 1. The number of piperazine rings is 1. The van der Waals surface area contributed by atoms with Crippen LogP contribution in [0.25, 0.3) is 0 Å². The first kappa shape index (κ1) is 21.1. The van der Waals surface area contributed by atoms with Gasteiger partial charge >= 0.3 is 0 Å². The molecule has 0 bridgehead atoms. The molecule has 4 rings (SSSR count). The molecule has 1 amide bonds. The SMILES string of the molecule is CCc1cc(N2CCCC2)nc(SCc2ccc(C(=O)N3CC[NH+](C)CC3)cc2)n1. The summed E-state index contributed by atoms with van der Waals surface area (Å²) in [6.07, 6.45) is 3.41. The predicted octanol–water partition coefficient (Wildman–Crippen LogP) is 1.90. The van der Waals surface area contributed by atoms with Crippen molar-refractivity contribution in [3.63, 3.8) is 0 Å². The minimum absolute atomic E-state index is 0.149. The van der Waals surface area contributed by atoms with Gasteiger partial charge in [0, 0.05) is 36.2 Å². The monoisotopic (exact) mass is 426 g/mol. The maximum atomic E-state index is 12.7. The maximum Gasteiger partial charge on any atom is 0.254 e. The van der Waals surface area contributed by atoms with Crippen LogP contribution in [0.5, 0.6) is 0 Å². The van der Waals surface area contributed by atoms with E-state index in [2.05, 4.69) is 37.1 Å². The number of nitrogens with one attached hydrogen (secondary N) is 1. The summed E-state index contributed by atoms with van der Waals surface area (Å²) in [5.41, 5.74) is 3.07. The van der Waals surface area contributed by atoms with Crippen molar-refractivity contribution in [1.29, 1.82) is 0 Å². The summed E-state index contributed by atoms with van der Waals surface area (Å²) in [4.78, 5) is 28.1. The number of nitrogens with zero attached hydrogens (tertiary/aromatic N) is 4. The zero-order valence-electron chi connectivity index (χ0n) is 18.1. The molecule has 0 unspecified atom stereocenters. The van der Waals surface area contributed by atoms with Crippen LogP contribution in [0.2, 0.25) is 0 Å². The Hall–Kier alpha value is -2.12. The van der Waals surface area contributed by atoms with E-state index in [0.29, 0.717) is 0 Å². The van der Waals surface area contributed by atoms with Crippen molar-refractivity contribution in [1.82, 2.24) is 14.9 Å². The summed E-state index contributed by atoms with van der Waals surface area (Å²) in [7, 11) is 2.18. The lowest BCUT2D eigenvalue weighted by Gasteiger charge is -2.30. The van der Waals surface area contributed by atoms with E-state index >= 15 is 0 Å². The molecule has 2 saturated heterocycles. The number of quaternary nitrogens is 1. The van der Waals surface area contributed by atoms with Crippen LogP contribution in [0.1, 0.15) is 41.4 Å². The molecule has 0 spiro atoms. The van der Waals surface area contributed by atoms with Crippen molar-refractivity contribution >= 4 is 23.5 Å². The molecule has 0 saturated carbocycles. The number of aryl methyl sites for hydroxylation is 1. The van der Waals surface area contributed by atoms with Gasteiger partial charge in [0.25, 0.3) is 5.91 Å². The molecule has 160 valence electrons. The van der Waals surface area contributed by atoms with Gasteiger partial charge in [-0.3, -0.25) is 4.79 Å². The molecule has 0 aliphatic carbocycles. The number of hydrogen-bond acceptors (Lipinski definition) is 5. The molecular weight excluding hydrogens is 394 g/mol. The molecule has 2 fully saturated rings. The molecule has 2 aromatic rings. The normalized spacial score (nSPS) is 17.5. The van der Waals surface area contributed by atoms with Crippen molar-refractivity contribution < 1.29 is 9.69 Å². The molecule has 30 heavy (non-hydrogen) atoms. The van der Waals surface area contributed by atoms with Crippen LogP contribution in [-0.2, 0) is 12.2 Å². The molecule has 6 nitrogen and oxygen atoms in total. The largest absolute Gasteiger partial charge is 0.356 e. The number of aromatic nitrogens is 2. The fourth-order valence-electron chi connectivity index (χ4n) is 3.98. The number of carbonyl (C=O) groups is 1. The number of benzene rings is 1. The van der Waals surface area contributed by atoms with E-state index in [1.807, 2.05) is 17.0 Å². The van der Waals surface area contributed by atoms with Crippen LogP contribution in [-0.4, -0.2) is 67.1 Å². The quantitative estimate of drug-likeness (QED) is 0.565. The molecule has 0 radical (unpaired) electrons. The van der Waals surface area contributed by atoms with Crippen molar-refractivity contribution in [2.75, 3.05) is 51.2 Å². The minimum Gasteiger partial charge on any atom is -0.356 e. The Morgan fingerprint density at radius 3 is 2.43 bits per heavy atom. The number of hydrogen-bond donors (Lipinski definition) is 1. The number of anilines is 1. The molecule has 1 aromatic heterocycles. The lowest BCUT2D eigenvalue weighted by atomic mass is 10.1. The average Bonchev–Trinajstić information content (AvgIpc) is 3.33. The zero-order valence-corrected chi connectivity index (χ0v) is 18.9. The number of likely N-dealkylation sites (N-methyl/N-ethyl adjacent to an activating group) is 1. The topological polar surface area (TPSA) is 53.8 Å². The third-order valence-corrected chi connectivity index (χ3v) is 6.93. The first-order chi connectivity index (χ1) is 14.6. The third-order valence-electron chi connectivity index (χ3n) is 6.01. The predicted molar refractivity (Wildman–Crippen MR) is 121 cm³/mol. The highest BCUT2D eigenvalue weighted by atomic mass is 32.2. The van der Waals surface area contributed by atoms with Crippen molar-refractivity contribution in [2.24, 2.45) is 0 Å². The molecule has 2 aliphatic heterocycles. The Bertz CT molecular complexity index is 858. The summed E-state index contributed by atoms with van der Waals surface area (Å²) in [5, 5.41) is 0.844. The Morgan fingerprint density at radius 1 is 1.07 bits per heavy atom. The standard InChI is InChI=1S/C23H31N5OS/c1-3-20-16-21(27-10-4-5-11-27)25-23(24-20)30-17-18-6-8-19(9-7-18)22(29)28-14-12-26(2)13-15-28/h6-9,16H,3-5,10-15,17H2,1-2H3/p+1. The Labute approximate surface area is 183 Å². The Balaban J connectivity index is 1.38. The van der Waals surface area contributed by atoms with Crippen LogP contribution in [0.15, 0.2) is 35.5 Å². The molecule has 2 aliphatic rings. The van der Waals surface area contributed by atoms with Gasteiger partial charge in [0.2, 0.25) is 0 Å². The molecule has 3 heterocycles. The lowest BCUT2D eigenvalue weighted by molar-refractivity contribution is -0.883. The van der Waals surface area contributed by atoms with Crippen LogP contribution < -0.4 is 9.80 Å². The van der Waals surface area contributed by atoms with E-state index in [4.69, 9.17) is 9.97 Å². The minimum atomic E-state index is 0.149. The maximum absolute atomic E-state index is 12.7. The van der Waals surface area contributed by atoms with Crippen LogP contribution in [0, 0.1) is 0 Å². The fraction of sp³-hybridized carbons (Fsp3) is 0.522. The summed E-state index contributed by atoms with van der Waals surface area (Å²) in [6, 6.07) is 10.2. The van der Waals surface area contributed by atoms with Crippen molar-refractivity contribution in [2.45, 2.75) is 37.1 Å². The Kier molecular flexibility index (Phi) is 6.89. The lowest BCUT2D eigenvalue weighted by Crippen LogP contribution is -3.12. The van der Waals surface area contributed by atoms with Crippen molar-refractivity contribution in [3.8, 4) is 0 Å². The smallest absolute Gasteiger partial charge is 0.254 e. The molecule has 1 N–H and O–H groups in total. The number of amides is 1. The molecular formula is C23H32N5OS+. The second-order valence-corrected chi connectivity index (χ2v) is 9.23. The van der Waals surface area contributed by atoms with Gasteiger partial charge < -0.3 is 14.7 Å². The molecule has 0 atom stereocenters. The highest BCUT2D eigenvalue weighted by molar-refractivity contribution is 7.98. The highest BCUT2D eigenvalue weighted by Gasteiger charge is 2.22. The second-order valence-electron chi connectivity index (χ2n) is 8.28. The zero-order chi connectivity index (χ0) is 20.9. The molecule has 1 aromatic carbocycles. The molecule has 7 heteroatoms.